The zero-order valence-electron chi connectivity index (χ0n) is 15.8. The normalized spacial score (nSPS) is 22.5. The fourth-order valence-corrected chi connectivity index (χ4v) is 3.61. The Balaban J connectivity index is 1.76. The van der Waals surface area contributed by atoms with Crippen LogP contribution >= 0.6 is 23.2 Å². The first-order chi connectivity index (χ1) is 13.1. The van der Waals surface area contributed by atoms with Gasteiger partial charge in [-0.05, 0) is 37.0 Å². The molecule has 1 aromatic carbocycles. The van der Waals surface area contributed by atoms with E-state index in [-0.39, 0.29) is 6.61 Å². The van der Waals surface area contributed by atoms with Gasteiger partial charge in [0.05, 0.1) is 13.7 Å². The molecule has 3 atom stereocenters. The summed E-state index contributed by atoms with van der Waals surface area (Å²) in [5.74, 6) is 1.15. The molecule has 8 heteroatoms. The first-order valence-corrected chi connectivity index (χ1v) is 10.4. The lowest BCUT2D eigenvalue weighted by atomic mass is 10.1. The number of aliphatic hydroxyl groups excluding tert-OH is 2. The van der Waals surface area contributed by atoms with Crippen LogP contribution in [0.2, 0.25) is 0 Å². The van der Waals surface area contributed by atoms with Crippen molar-refractivity contribution in [2.75, 3.05) is 50.0 Å². The molecule has 1 fully saturated rings. The van der Waals surface area contributed by atoms with Crippen LogP contribution in [0.3, 0.4) is 0 Å². The lowest BCUT2D eigenvalue weighted by Gasteiger charge is -2.27. The second kappa shape index (κ2) is 12.1. The van der Waals surface area contributed by atoms with E-state index in [9.17, 15) is 10.2 Å². The van der Waals surface area contributed by atoms with E-state index in [1.807, 2.05) is 0 Å². The summed E-state index contributed by atoms with van der Waals surface area (Å²) in [5, 5.41) is 21.1. The van der Waals surface area contributed by atoms with E-state index in [4.69, 9.17) is 32.8 Å². The van der Waals surface area contributed by atoms with Crippen molar-refractivity contribution in [2.45, 2.75) is 37.7 Å². The molecule has 1 unspecified atom stereocenters. The quantitative estimate of drug-likeness (QED) is 0.307. The number of hydrogen-bond donors (Lipinski definition) is 2. The Kier molecular flexibility index (Phi) is 10.1. The largest absolute Gasteiger partial charge is 0.388 e. The number of alkyl halides is 2. The highest BCUT2D eigenvalue weighted by Gasteiger charge is 2.38. The summed E-state index contributed by atoms with van der Waals surface area (Å²) in [6.45, 7) is 2.32. The van der Waals surface area contributed by atoms with Crippen molar-refractivity contribution in [3.8, 4) is 0 Å². The van der Waals surface area contributed by atoms with Crippen molar-refractivity contribution in [3.05, 3.63) is 29.8 Å². The number of nitrogens with zero attached hydrogens (tertiary/aromatic N) is 2. The molecule has 1 aliphatic rings. The fraction of sp³-hybridized carbons (Fsp3) is 0.684. The van der Waals surface area contributed by atoms with Crippen molar-refractivity contribution in [1.82, 2.24) is 5.06 Å². The molecule has 0 amide bonds. The SMILES string of the molecule is CON(CCCCc1ccc(N(CCCl)CCCl)cc1)C1OC[C@@H](O)[C@@H]1O. The number of unbranched alkanes of at least 4 members (excludes halogenated alkanes) is 1. The van der Waals surface area contributed by atoms with Gasteiger partial charge in [0.1, 0.15) is 12.2 Å². The minimum Gasteiger partial charge on any atom is -0.388 e. The van der Waals surface area contributed by atoms with Gasteiger partial charge in [0.15, 0.2) is 6.23 Å². The van der Waals surface area contributed by atoms with Crippen molar-refractivity contribution in [1.29, 1.82) is 0 Å². The number of aliphatic hydroxyl groups is 2. The maximum atomic E-state index is 9.92. The van der Waals surface area contributed by atoms with Gasteiger partial charge in [-0.2, -0.15) is 5.06 Å². The van der Waals surface area contributed by atoms with Crippen LogP contribution in [0.25, 0.3) is 0 Å². The van der Waals surface area contributed by atoms with E-state index in [2.05, 4.69) is 29.2 Å². The maximum absolute atomic E-state index is 9.92. The van der Waals surface area contributed by atoms with Crippen molar-refractivity contribution < 1.29 is 19.8 Å². The minimum atomic E-state index is -0.943. The molecule has 2 rings (SSSR count). The molecule has 0 radical (unpaired) electrons. The minimum absolute atomic E-state index is 0.127. The molecule has 0 saturated carbocycles. The molecule has 1 aromatic rings. The lowest BCUT2D eigenvalue weighted by Crippen LogP contribution is -2.44. The zero-order valence-corrected chi connectivity index (χ0v) is 17.3. The smallest absolute Gasteiger partial charge is 0.161 e. The van der Waals surface area contributed by atoms with E-state index >= 15 is 0 Å². The summed E-state index contributed by atoms with van der Waals surface area (Å²) >= 11 is 11.7. The summed E-state index contributed by atoms with van der Waals surface area (Å²) in [7, 11) is 1.55. The second-order valence-electron chi connectivity index (χ2n) is 6.59. The number of hydrogen-bond acceptors (Lipinski definition) is 6. The first kappa shape index (κ1) is 22.7. The van der Waals surface area contributed by atoms with E-state index in [1.54, 1.807) is 12.2 Å². The van der Waals surface area contributed by atoms with E-state index < -0.39 is 18.4 Å². The first-order valence-electron chi connectivity index (χ1n) is 9.35. The average molecular weight is 421 g/mol. The average Bonchev–Trinajstić information content (AvgIpc) is 3.01. The molecular weight excluding hydrogens is 391 g/mol. The molecule has 0 spiro atoms. The van der Waals surface area contributed by atoms with E-state index in [1.165, 1.54) is 5.56 Å². The highest BCUT2D eigenvalue weighted by Crippen LogP contribution is 2.20. The number of anilines is 1. The van der Waals surface area contributed by atoms with Crippen LogP contribution in [-0.4, -0.2) is 78.8 Å². The van der Waals surface area contributed by atoms with Crippen LogP contribution in [0.15, 0.2) is 24.3 Å². The Labute approximate surface area is 171 Å². The Morgan fingerprint density at radius 3 is 2.26 bits per heavy atom. The summed E-state index contributed by atoms with van der Waals surface area (Å²) in [6.07, 6.45) is 0.420. The van der Waals surface area contributed by atoms with E-state index in [0.29, 0.717) is 18.3 Å². The number of ether oxygens (including phenoxy) is 1. The third-order valence-electron chi connectivity index (χ3n) is 4.75. The molecule has 2 N–H and O–H groups in total. The predicted octanol–water partition coefficient (Wildman–Crippen LogP) is 2.23. The highest BCUT2D eigenvalue weighted by atomic mass is 35.5. The third kappa shape index (κ3) is 6.75. The number of aryl methyl sites for hydroxylation is 1. The zero-order chi connectivity index (χ0) is 19.6. The Hall–Kier alpha value is -0.600. The van der Waals surface area contributed by atoms with Crippen LogP contribution in [0, 0.1) is 0 Å². The molecule has 0 aromatic heterocycles. The van der Waals surface area contributed by atoms with Gasteiger partial charge in [0.2, 0.25) is 0 Å². The van der Waals surface area contributed by atoms with Gasteiger partial charge in [-0.3, -0.25) is 4.84 Å². The van der Waals surface area contributed by atoms with Crippen LogP contribution in [-0.2, 0) is 16.0 Å². The van der Waals surface area contributed by atoms with E-state index in [0.717, 1.165) is 38.0 Å². The number of rotatable bonds is 12. The molecule has 1 aliphatic heterocycles. The van der Waals surface area contributed by atoms with Crippen molar-refractivity contribution in [3.63, 3.8) is 0 Å². The fourth-order valence-electron chi connectivity index (χ4n) is 3.20. The summed E-state index contributed by atoms with van der Waals surface area (Å²) < 4.78 is 5.40. The highest BCUT2D eigenvalue weighted by molar-refractivity contribution is 6.18. The third-order valence-corrected chi connectivity index (χ3v) is 5.08. The van der Waals surface area contributed by atoms with Gasteiger partial charge in [-0.15, -0.1) is 23.2 Å². The Morgan fingerprint density at radius 1 is 1.07 bits per heavy atom. The van der Waals surface area contributed by atoms with Crippen LogP contribution in [0.5, 0.6) is 0 Å². The van der Waals surface area contributed by atoms with Crippen LogP contribution in [0.4, 0.5) is 5.69 Å². The van der Waals surface area contributed by atoms with Gasteiger partial charge in [0.25, 0.3) is 0 Å². The monoisotopic (exact) mass is 420 g/mol. The van der Waals surface area contributed by atoms with Gasteiger partial charge in [-0.1, -0.05) is 12.1 Å². The second-order valence-corrected chi connectivity index (χ2v) is 7.35. The van der Waals surface area contributed by atoms with Gasteiger partial charge in [-0.25, -0.2) is 0 Å². The topological polar surface area (TPSA) is 65.4 Å². The molecule has 6 nitrogen and oxygen atoms in total. The van der Waals surface area contributed by atoms with Gasteiger partial charge in [0, 0.05) is 37.1 Å². The van der Waals surface area contributed by atoms with Crippen molar-refractivity contribution >= 4 is 28.9 Å². The predicted molar refractivity (Wildman–Crippen MR) is 109 cm³/mol. The number of halogens is 2. The van der Waals surface area contributed by atoms with Gasteiger partial charge >= 0.3 is 0 Å². The standard InChI is InChI=1S/C19H30Cl2N2O4/c1-26-23(19-18(25)17(24)14-27-19)11-3-2-4-15-5-7-16(8-6-15)22(12-9-20)13-10-21/h5-8,17-19,24-25H,2-4,9-14H2,1H3/t17-,18+,19?/m1/s1. The van der Waals surface area contributed by atoms with Gasteiger partial charge < -0.3 is 19.8 Å². The molecule has 154 valence electrons. The molecule has 1 heterocycles. The number of hydroxylamine groups is 2. The Bertz CT molecular complexity index is 529. The molecule has 27 heavy (non-hydrogen) atoms. The van der Waals surface area contributed by atoms with Crippen molar-refractivity contribution in [2.24, 2.45) is 0 Å². The molecule has 1 saturated heterocycles. The summed E-state index contributed by atoms with van der Waals surface area (Å²) in [5.41, 5.74) is 2.41. The molecular formula is C19H30Cl2N2O4. The molecule has 0 bridgehead atoms. The lowest BCUT2D eigenvalue weighted by molar-refractivity contribution is -0.242. The van der Waals surface area contributed by atoms with Crippen LogP contribution < -0.4 is 4.90 Å². The maximum Gasteiger partial charge on any atom is 0.161 e. The Morgan fingerprint density at radius 2 is 1.74 bits per heavy atom. The van der Waals surface area contributed by atoms with Crippen LogP contribution in [0.1, 0.15) is 18.4 Å². The molecule has 0 aliphatic carbocycles. The number of benzene rings is 1. The summed E-state index contributed by atoms with van der Waals surface area (Å²) in [4.78, 5) is 7.49. The summed E-state index contributed by atoms with van der Waals surface area (Å²) in [6, 6.07) is 8.50.